The Labute approximate surface area is 116 Å². The van der Waals surface area contributed by atoms with Crippen molar-refractivity contribution in [2.24, 2.45) is 0 Å². The van der Waals surface area contributed by atoms with Crippen LogP contribution in [0.15, 0.2) is 0 Å². The number of nitrogens with one attached hydrogen (secondary N) is 1. The van der Waals surface area contributed by atoms with Gasteiger partial charge >= 0.3 is 0 Å². The second-order valence-electron chi connectivity index (χ2n) is 6.54. The molecule has 2 saturated carbocycles. The highest BCUT2D eigenvalue weighted by Crippen LogP contribution is 2.29. The van der Waals surface area contributed by atoms with Crippen molar-refractivity contribution in [3.8, 4) is 0 Å². The maximum atomic E-state index is 12.3. The van der Waals surface area contributed by atoms with E-state index >= 15 is 0 Å². The Bertz CT molecular complexity index is 319. The molecule has 1 heterocycles. The SMILES string of the molecule is CN(C(=O)CN(CC1CCCCN1)C1CC1)C1CC1. The van der Waals surface area contributed by atoms with Crippen LogP contribution in [-0.2, 0) is 4.79 Å². The van der Waals surface area contributed by atoms with Gasteiger partial charge in [0, 0.05) is 31.7 Å². The number of nitrogens with zero attached hydrogens (tertiary/aromatic N) is 2. The van der Waals surface area contributed by atoms with Crippen molar-refractivity contribution in [3.63, 3.8) is 0 Å². The summed E-state index contributed by atoms with van der Waals surface area (Å²) in [5, 5.41) is 3.60. The fourth-order valence-corrected chi connectivity index (χ4v) is 3.10. The zero-order valence-corrected chi connectivity index (χ0v) is 12.1. The summed E-state index contributed by atoms with van der Waals surface area (Å²) in [6.07, 6.45) is 8.90. The molecule has 1 amide bonds. The van der Waals surface area contributed by atoms with Crippen molar-refractivity contribution < 1.29 is 4.79 Å². The van der Waals surface area contributed by atoms with E-state index in [2.05, 4.69) is 10.2 Å². The first kappa shape index (κ1) is 13.4. The Morgan fingerprint density at radius 1 is 1.11 bits per heavy atom. The summed E-state index contributed by atoms with van der Waals surface area (Å²) >= 11 is 0. The van der Waals surface area contributed by atoms with Gasteiger partial charge in [-0.2, -0.15) is 0 Å². The van der Waals surface area contributed by atoms with Gasteiger partial charge in [-0.1, -0.05) is 6.42 Å². The van der Waals surface area contributed by atoms with Gasteiger partial charge in [-0.15, -0.1) is 0 Å². The Morgan fingerprint density at radius 2 is 1.84 bits per heavy atom. The highest BCUT2D eigenvalue weighted by molar-refractivity contribution is 5.78. The number of amides is 1. The van der Waals surface area contributed by atoms with Gasteiger partial charge in [0.05, 0.1) is 6.54 Å². The second kappa shape index (κ2) is 5.80. The molecule has 108 valence electrons. The van der Waals surface area contributed by atoms with Crippen LogP contribution in [0.3, 0.4) is 0 Å². The lowest BCUT2D eigenvalue weighted by Gasteiger charge is -2.31. The first-order valence-electron chi connectivity index (χ1n) is 7.97. The monoisotopic (exact) mass is 265 g/mol. The average molecular weight is 265 g/mol. The normalized spacial score (nSPS) is 27.6. The Kier molecular flexibility index (Phi) is 4.08. The number of likely N-dealkylation sites (N-methyl/N-ethyl adjacent to an activating group) is 1. The highest BCUT2D eigenvalue weighted by atomic mass is 16.2. The van der Waals surface area contributed by atoms with Crippen molar-refractivity contribution in [3.05, 3.63) is 0 Å². The molecule has 4 nitrogen and oxygen atoms in total. The summed E-state index contributed by atoms with van der Waals surface area (Å²) in [4.78, 5) is 16.7. The minimum atomic E-state index is 0.324. The molecule has 1 N–H and O–H groups in total. The van der Waals surface area contributed by atoms with Crippen LogP contribution in [0.2, 0.25) is 0 Å². The molecule has 1 unspecified atom stereocenters. The summed E-state index contributed by atoms with van der Waals surface area (Å²) in [5.41, 5.74) is 0. The minimum absolute atomic E-state index is 0.324. The zero-order valence-electron chi connectivity index (χ0n) is 12.1. The van der Waals surface area contributed by atoms with E-state index in [-0.39, 0.29) is 0 Å². The Hall–Kier alpha value is -0.610. The quantitative estimate of drug-likeness (QED) is 0.784. The molecule has 0 aromatic carbocycles. The predicted octanol–water partition coefficient (Wildman–Crippen LogP) is 1.21. The molecule has 19 heavy (non-hydrogen) atoms. The standard InChI is InChI=1S/C15H27N3O/c1-17(13-5-6-13)15(19)11-18(14-7-8-14)10-12-4-2-3-9-16-12/h12-14,16H,2-11H2,1H3. The molecular weight excluding hydrogens is 238 g/mol. The third-order valence-corrected chi connectivity index (χ3v) is 4.76. The molecule has 2 aliphatic carbocycles. The summed E-state index contributed by atoms with van der Waals surface area (Å²) in [5.74, 6) is 0.324. The van der Waals surface area contributed by atoms with Gasteiger partial charge in [-0.3, -0.25) is 9.69 Å². The number of hydrogen-bond donors (Lipinski definition) is 1. The highest BCUT2D eigenvalue weighted by Gasteiger charge is 2.35. The molecule has 0 aromatic rings. The van der Waals surface area contributed by atoms with Crippen LogP contribution in [0.5, 0.6) is 0 Å². The van der Waals surface area contributed by atoms with Crippen LogP contribution in [0.25, 0.3) is 0 Å². The fraction of sp³-hybridized carbons (Fsp3) is 0.933. The van der Waals surface area contributed by atoms with Crippen LogP contribution < -0.4 is 5.32 Å². The van der Waals surface area contributed by atoms with E-state index in [1.165, 1.54) is 44.9 Å². The third kappa shape index (κ3) is 3.69. The number of carbonyl (C=O) groups excluding carboxylic acids is 1. The molecule has 0 aromatic heterocycles. The van der Waals surface area contributed by atoms with Crippen LogP contribution in [0.1, 0.15) is 44.9 Å². The summed E-state index contributed by atoms with van der Waals surface area (Å²) < 4.78 is 0. The first-order chi connectivity index (χ1) is 9.24. The fourth-order valence-electron chi connectivity index (χ4n) is 3.10. The van der Waals surface area contributed by atoms with E-state index in [4.69, 9.17) is 0 Å². The second-order valence-corrected chi connectivity index (χ2v) is 6.54. The van der Waals surface area contributed by atoms with Crippen LogP contribution >= 0.6 is 0 Å². The van der Waals surface area contributed by atoms with Gasteiger partial charge in [-0.25, -0.2) is 0 Å². The molecule has 1 aliphatic heterocycles. The third-order valence-electron chi connectivity index (χ3n) is 4.76. The molecule has 3 aliphatic rings. The van der Waals surface area contributed by atoms with Crippen molar-refractivity contribution >= 4 is 5.91 Å². The lowest BCUT2D eigenvalue weighted by Crippen LogP contribution is -2.48. The molecule has 1 atom stereocenters. The van der Waals surface area contributed by atoms with Crippen LogP contribution in [0.4, 0.5) is 0 Å². The van der Waals surface area contributed by atoms with Gasteiger partial charge in [0.25, 0.3) is 0 Å². The van der Waals surface area contributed by atoms with Crippen LogP contribution in [-0.4, -0.2) is 60.5 Å². The van der Waals surface area contributed by atoms with E-state index in [0.29, 0.717) is 30.6 Å². The van der Waals surface area contributed by atoms with Gasteiger partial charge in [0.2, 0.25) is 5.91 Å². The van der Waals surface area contributed by atoms with E-state index in [9.17, 15) is 4.79 Å². The van der Waals surface area contributed by atoms with Gasteiger partial charge < -0.3 is 10.2 Å². The van der Waals surface area contributed by atoms with Crippen LogP contribution in [0, 0.1) is 0 Å². The Morgan fingerprint density at radius 3 is 2.42 bits per heavy atom. The van der Waals surface area contributed by atoms with Gasteiger partial charge in [0.1, 0.15) is 0 Å². The number of hydrogen-bond acceptors (Lipinski definition) is 3. The lowest BCUT2D eigenvalue weighted by molar-refractivity contribution is -0.131. The largest absolute Gasteiger partial charge is 0.342 e. The number of carbonyl (C=O) groups is 1. The first-order valence-corrected chi connectivity index (χ1v) is 7.97. The molecule has 0 bridgehead atoms. The zero-order chi connectivity index (χ0) is 13.2. The maximum Gasteiger partial charge on any atom is 0.236 e. The van der Waals surface area contributed by atoms with Crippen molar-refractivity contribution in [2.45, 2.75) is 63.1 Å². The molecule has 1 saturated heterocycles. The summed E-state index contributed by atoms with van der Waals surface area (Å²) in [6, 6.07) is 1.83. The molecule has 4 heteroatoms. The molecule has 3 fully saturated rings. The predicted molar refractivity (Wildman–Crippen MR) is 76.0 cm³/mol. The van der Waals surface area contributed by atoms with E-state index in [1.807, 2.05) is 11.9 Å². The van der Waals surface area contributed by atoms with E-state index in [0.717, 1.165) is 13.1 Å². The minimum Gasteiger partial charge on any atom is -0.342 e. The van der Waals surface area contributed by atoms with Crippen molar-refractivity contribution in [2.75, 3.05) is 26.7 Å². The van der Waals surface area contributed by atoms with Crippen molar-refractivity contribution in [1.29, 1.82) is 0 Å². The number of piperidine rings is 1. The lowest BCUT2D eigenvalue weighted by atomic mass is 10.0. The molecule has 0 radical (unpaired) electrons. The Balaban J connectivity index is 1.50. The molecule has 3 rings (SSSR count). The van der Waals surface area contributed by atoms with E-state index < -0.39 is 0 Å². The van der Waals surface area contributed by atoms with Crippen molar-refractivity contribution in [1.82, 2.24) is 15.1 Å². The average Bonchev–Trinajstić information content (AvgIpc) is 3.31. The van der Waals surface area contributed by atoms with Gasteiger partial charge in [-0.05, 0) is 45.1 Å². The number of rotatable bonds is 6. The molecular formula is C15H27N3O. The van der Waals surface area contributed by atoms with E-state index in [1.54, 1.807) is 0 Å². The summed E-state index contributed by atoms with van der Waals surface area (Å²) in [7, 11) is 1.98. The molecule has 0 spiro atoms. The topological polar surface area (TPSA) is 35.6 Å². The van der Waals surface area contributed by atoms with Gasteiger partial charge in [0.15, 0.2) is 0 Å². The maximum absolute atomic E-state index is 12.3. The smallest absolute Gasteiger partial charge is 0.236 e. The summed E-state index contributed by atoms with van der Waals surface area (Å²) in [6.45, 7) is 2.85.